The van der Waals surface area contributed by atoms with E-state index in [4.69, 9.17) is 26.4 Å². The minimum Gasteiger partial charge on any atom is -0.507 e. The lowest BCUT2D eigenvalue weighted by Crippen LogP contribution is -2.12. The standard InChI is InChI=1S/C58H53N3O/c1-37-22-27-52(49(30-37)41-18-13-10-14-19-41)61-53-21-15-20-48(54(53)60-56(61)50-36-47(58(6,7)8)31-38(2)55(50)62)44-32-43(39-16-11-9-12-17-39)33-45(34-44)51-35-42(28-29-59-51)40-23-25-46(26-24-40)57(3,4)5/h9-36,62H,1-8H3/i1D3,3D3,4D3,5D3. The third-order valence-electron chi connectivity index (χ3n) is 11.5. The lowest BCUT2D eigenvalue weighted by molar-refractivity contribution is 0.471. The first-order chi connectivity index (χ1) is 34.7. The molecule has 0 unspecified atom stereocenters. The Balaban J connectivity index is 1.27. The van der Waals surface area contributed by atoms with E-state index in [9.17, 15) is 5.11 Å². The molecule has 2 heterocycles. The van der Waals surface area contributed by atoms with E-state index >= 15 is 0 Å². The van der Waals surface area contributed by atoms with Crippen LogP contribution in [0, 0.1) is 13.8 Å². The molecule has 9 aromatic rings. The zero-order chi connectivity index (χ0) is 53.3. The van der Waals surface area contributed by atoms with Crippen molar-refractivity contribution in [2.24, 2.45) is 0 Å². The molecule has 0 saturated carbocycles. The van der Waals surface area contributed by atoms with E-state index < -0.39 is 32.8 Å². The third-order valence-corrected chi connectivity index (χ3v) is 11.5. The number of aryl methyl sites for hydroxylation is 2. The normalized spacial score (nSPS) is 15.6. The Morgan fingerprint density at radius 1 is 0.532 bits per heavy atom. The summed E-state index contributed by atoms with van der Waals surface area (Å²) in [6.07, 6.45) is 1.64. The minimum absolute atomic E-state index is 0.0663. The predicted octanol–water partition coefficient (Wildman–Crippen LogP) is 15.3. The van der Waals surface area contributed by atoms with Gasteiger partial charge < -0.3 is 5.11 Å². The Bertz CT molecular complexity index is 3520. The second-order valence-corrected chi connectivity index (χ2v) is 16.9. The van der Waals surface area contributed by atoms with Crippen LogP contribution in [0.15, 0.2) is 170 Å². The monoisotopic (exact) mass is 819 g/mol. The van der Waals surface area contributed by atoms with Gasteiger partial charge in [-0.05, 0) is 129 Å². The Labute approximate surface area is 383 Å². The fraction of sp³-hybridized carbons (Fsp3) is 0.172. The maximum atomic E-state index is 12.0. The van der Waals surface area contributed by atoms with Crippen LogP contribution in [0.5, 0.6) is 5.75 Å². The molecule has 0 aliphatic rings. The molecule has 9 rings (SSSR count). The number of nitrogens with zero attached hydrogens (tertiary/aromatic N) is 3. The number of aromatic nitrogens is 3. The van der Waals surface area contributed by atoms with Gasteiger partial charge in [0.2, 0.25) is 0 Å². The third kappa shape index (κ3) is 7.74. The summed E-state index contributed by atoms with van der Waals surface area (Å²) in [5, 5.41) is 12.0. The van der Waals surface area contributed by atoms with Crippen molar-refractivity contribution >= 4 is 11.0 Å². The molecule has 0 amide bonds. The van der Waals surface area contributed by atoms with Crippen LogP contribution >= 0.6 is 0 Å². The maximum absolute atomic E-state index is 12.0. The topological polar surface area (TPSA) is 50.9 Å². The van der Waals surface area contributed by atoms with Crippen LogP contribution in [0.2, 0.25) is 0 Å². The average molecular weight is 820 g/mol. The molecule has 0 atom stereocenters. The first-order valence-corrected chi connectivity index (χ1v) is 20.5. The van der Waals surface area contributed by atoms with Crippen LogP contribution in [0.4, 0.5) is 0 Å². The van der Waals surface area contributed by atoms with Gasteiger partial charge in [0.15, 0.2) is 0 Å². The van der Waals surface area contributed by atoms with E-state index in [-0.39, 0.29) is 22.3 Å². The number of phenolic OH excluding ortho intramolecular Hbond substituents is 1. The summed E-state index contributed by atoms with van der Waals surface area (Å²) in [5.74, 6) is 0.517. The largest absolute Gasteiger partial charge is 0.507 e. The molecule has 62 heavy (non-hydrogen) atoms. The smallest absolute Gasteiger partial charge is 0.149 e. The van der Waals surface area contributed by atoms with Crippen LogP contribution in [0.25, 0.3) is 83.9 Å². The number of fused-ring (bicyclic) bond motifs is 1. The lowest BCUT2D eigenvalue weighted by atomic mass is 9.84. The van der Waals surface area contributed by atoms with Crippen molar-refractivity contribution in [1.82, 2.24) is 14.5 Å². The van der Waals surface area contributed by atoms with Crippen molar-refractivity contribution in [3.63, 3.8) is 0 Å². The molecule has 2 aromatic heterocycles. The van der Waals surface area contributed by atoms with Crippen molar-refractivity contribution in [2.75, 3.05) is 0 Å². The molecule has 1 N–H and O–H groups in total. The molecule has 0 bridgehead atoms. The predicted molar refractivity (Wildman–Crippen MR) is 260 cm³/mol. The minimum atomic E-state index is -3.39. The number of benzene rings is 7. The zero-order valence-corrected chi connectivity index (χ0v) is 35.0. The highest BCUT2D eigenvalue weighted by Crippen LogP contribution is 2.44. The number of hydrogen-bond acceptors (Lipinski definition) is 3. The van der Waals surface area contributed by atoms with Crippen LogP contribution in [-0.2, 0) is 10.8 Å². The Kier molecular flexibility index (Phi) is 7.24. The summed E-state index contributed by atoms with van der Waals surface area (Å²) in [4.78, 5) is 10.3. The highest BCUT2D eigenvalue weighted by atomic mass is 16.3. The second kappa shape index (κ2) is 15.8. The average Bonchev–Trinajstić information content (AvgIpc) is 3.73. The maximum Gasteiger partial charge on any atom is 0.149 e. The highest BCUT2D eigenvalue weighted by molar-refractivity contribution is 5.98. The number of para-hydroxylation sites is 1. The molecule has 7 aromatic carbocycles. The van der Waals surface area contributed by atoms with E-state index in [1.165, 1.54) is 24.3 Å². The molecule has 0 aliphatic heterocycles. The van der Waals surface area contributed by atoms with Gasteiger partial charge in [0.25, 0.3) is 0 Å². The van der Waals surface area contributed by atoms with Gasteiger partial charge in [0.1, 0.15) is 11.6 Å². The van der Waals surface area contributed by atoms with Gasteiger partial charge in [-0.2, -0.15) is 0 Å². The van der Waals surface area contributed by atoms with E-state index in [1.54, 1.807) is 24.4 Å². The van der Waals surface area contributed by atoms with Crippen LogP contribution in [0.1, 0.15) is 80.0 Å². The molecular formula is C58H53N3O. The SMILES string of the molecule is [2H]C([2H])([2H])c1ccc(-n2c(-c3cc(C(C)(C)C)cc(C)c3O)nc3c(-c4cc(-c5ccccc5)cc(-c5cc(-c6ccc(C(C([2H])([2H])[2H])(C([2H])([2H])[2H])C([2H])([2H])[2H])cc6)ccn5)c4)cccc32)c(-c2ccccc2)c1. The van der Waals surface area contributed by atoms with Gasteiger partial charge >= 0.3 is 0 Å². The molecular weight excluding hydrogens is 755 g/mol. The Hall–Kier alpha value is -7.04. The number of hydrogen-bond donors (Lipinski definition) is 1. The van der Waals surface area contributed by atoms with Crippen molar-refractivity contribution in [3.05, 3.63) is 192 Å². The Morgan fingerprint density at radius 3 is 1.94 bits per heavy atom. The molecule has 0 aliphatic carbocycles. The number of phenols is 1. The van der Waals surface area contributed by atoms with Gasteiger partial charge in [-0.3, -0.25) is 9.55 Å². The molecule has 0 spiro atoms. The van der Waals surface area contributed by atoms with Crippen LogP contribution in [-0.4, -0.2) is 19.6 Å². The van der Waals surface area contributed by atoms with E-state index in [0.29, 0.717) is 56.1 Å². The molecule has 306 valence electrons. The molecule has 4 nitrogen and oxygen atoms in total. The molecule has 0 saturated heterocycles. The number of aromatic hydroxyl groups is 1. The van der Waals surface area contributed by atoms with Crippen molar-refractivity contribution in [2.45, 2.75) is 65.9 Å². The van der Waals surface area contributed by atoms with Crippen molar-refractivity contribution in [1.29, 1.82) is 0 Å². The highest BCUT2D eigenvalue weighted by Gasteiger charge is 2.25. The first-order valence-electron chi connectivity index (χ1n) is 26.5. The van der Waals surface area contributed by atoms with Gasteiger partial charge in [-0.25, -0.2) is 4.98 Å². The molecule has 0 fully saturated rings. The van der Waals surface area contributed by atoms with Gasteiger partial charge in [0.05, 0.1) is 28.0 Å². The summed E-state index contributed by atoms with van der Waals surface area (Å²) in [6, 6.07) is 49.9. The first kappa shape index (κ1) is 28.5. The molecule has 0 radical (unpaired) electrons. The van der Waals surface area contributed by atoms with Crippen molar-refractivity contribution < 1.29 is 21.6 Å². The Morgan fingerprint density at radius 2 is 1.23 bits per heavy atom. The summed E-state index contributed by atoms with van der Waals surface area (Å²) in [5.41, 5.74) is 7.91. The quantitative estimate of drug-likeness (QED) is 0.174. The van der Waals surface area contributed by atoms with Crippen LogP contribution < -0.4 is 0 Å². The van der Waals surface area contributed by atoms with E-state index in [0.717, 1.165) is 38.9 Å². The summed E-state index contributed by atoms with van der Waals surface area (Å²) in [6.45, 7) is -4.36. The summed E-state index contributed by atoms with van der Waals surface area (Å²) >= 11 is 0. The van der Waals surface area contributed by atoms with Gasteiger partial charge in [0, 0.05) is 39.3 Å². The zero-order valence-electron chi connectivity index (χ0n) is 47.0. The van der Waals surface area contributed by atoms with E-state index in [1.807, 2.05) is 127 Å². The number of imidazole rings is 1. The van der Waals surface area contributed by atoms with Gasteiger partial charge in [-0.1, -0.05) is 156 Å². The fourth-order valence-corrected chi connectivity index (χ4v) is 8.13. The van der Waals surface area contributed by atoms with E-state index in [2.05, 4.69) is 26.8 Å². The lowest BCUT2D eigenvalue weighted by Gasteiger charge is -2.22. The van der Waals surface area contributed by atoms with Crippen molar-refractivity contribution in [3.8, 4) is 78.6 Å². The number of pyridine rings is 1. The molecule has 4 heteroatoms. The van der Waals surface area contributed by atoms with Gasteiger partial charge in [-0.15, -0.1) is 0 Å². The number of rotatable bonds is 7. The second-order valence-electron chi connectivity index (χ2n) is 16.9. The fourth-order valence-electron chi connectivity index (χ4n) is 8.13. The van der Waals surface area contributed by atoms with Crippen LogP contribution in [0.3, 0.4) is 0 Å². The summed E-state index contributed by atoms with van der Waals surface area (Å²) in [7, 11) is 0. The summed E-state index contributed by atoms with van der Waals surface area (Å²) < 4.78 is 101.